The van der Waals surface area contributed by atoms with E-state index in [1.807, 2.05) is 0 Å². The highest BCUT2D eigenvalue weighted by Gasteiger charge is 2.03. The summed E-state index contributed by atoms with van der Waals surface area (Å²) in [6.45, 7) is 3.24. The van der Waals surface area contributed by atoms with E-state index in [1.54, 1.807) is 0 Å². The zero-order chi connectivity index (χ0) is 41.1. The first kappa shape index (κ1) is 56.2. The molecule has 0 aliphatic heterocycles. The van der Waals surface area contributed by atoms with Gasteiger partial charge in [-0.3, -0.25) is 4.79 Å². The van der Waals surface area contributed by atoms with Gasteiger partial charge >= 0.3 is 5.97 Å². The van der Waals surface area contributed by atoms with Crippen LogP contribution in [0.3, 0.4) is 0 Å². The van der Waals surface area contributed by atoms with Gasteiger partial charge in [0.1, 0.15) is 0 Å². The predicted molar refractivity (Wildman–Crippen MR) is 254 cm³/mol. The van der Waals surface area contributed by atoms with Crippen LogP contribution in [-0.4, -0.2) is 24.3 Å². The number of hydrogen-bond acceptors (Lipinski definition) is 3. The quantitative estimate of drug-likeness (QED) is 0.0379. The molecule has 0 amide bonds. The molecule has 0 aromatic rings. The summed E-state index contributed by atoms with van der Waals surface area (Å²) in [6.07, 6.45) is 69.7. The molecule has 0 aromatic heterocycles. The fraction of sp³-hybridized carbons (Fsp3) is 0.944. The first-order chi connectivity index (χ1) is 28.3. The smallest absolute Gasteiger partial charge is 0.305 e. The number of ether oxygens (including phenoxy) is 1. The Labute approximate surface area is 359 Å². The molecule has 0 saturated heterocycles. The highest BCUT2D eigenvalue weighted by Crippen LogP contribution is 2.18. The fourth-order valence-corrected chi connectivity index (χ4v) is 8.46. The Hall–Kier alpha value is -0.830. The van der Waals surface area contributed by atoms with E-state index >= 15 is 0 Å². The van der Waals surface area contributed by atoms with Crippen molar-refractivity contribution in [1.29, 1.82) is 0 Å². The molecule has 3 heteroatoms. The van der Waals surface area contributed by atoms with Crippen molar-refractivity contribution in [3.05, 3.63) is 12.2 Å². The summed E-state index contributed by atoms with van der Waals surface area (Å²) in [4.78, 5) is 12.0. The average molecular weight is 803 g/mol. The van der Waals surface area contributed by atoms with Gasteiger partial charge in [0.25, 0.3) is 0 Å². The highest BCUT2D eigenvalue weighted by atomic mass is 16.5. The van der Waals surface area contributed by atoms with Crippen LogP contribution in [0.15, 0.2) is 12.2 Å². The van der Waals surface area contributed by atoms with E-state index in [-0.39, 0.29) is 5.97 Å². The standard InChI is InChI=1S/C54H106O3/c1-2-3-4-5-6-7-36-39-42-45-48-51-54(56)57-53-50-47-44-41-38-35-33-31-29-27-25-23-21-19-17-15-13-11-9-8-10-12-14-16-18-20-22-24-26-28-30-32-34-37-40-43-46-49-52-55/h5-6,55H,2-4,7-53H2,1H3/b6-5-. The number of hydrogen-bond donors (Lipinski definition) is 1. The number of aliphatic hydroxyl groups is 1. The van der Waals surface area contributed by atoms with Crippen LogP contribution in [-0.2, 0) is 9.53 Å². The zero-order valence-corrected chi connectivity index (χ0v) is 39.3. The maximum Gasteiger partial charge on any atom is 0.305 e. The van der Waals surface area contributed by atoms with E-state index in [2.05, 4.69) is 19.1 Å². The van der Waals surface area contributed by atoms with E-state index in [1.165, 1.54) is 276 Å². The van der Waals surface area contributed by atoms with Gasteiger partial charge in [-0.05, 0) is 38.5 Å². The number of esters is 1. The van der Waals surface area contributed by atoms with Crippen LogP contribution in [0.1, 0.15) is 315 Å². The molecule has 0 bridgehead atoms. The minimum absolute atomic E-state index is 0.0168. The van der Waals surface area contributed by atoms with E-state index in [4.69, 9.17) is 9.84 Å². The molecular weight excluding hydrogens is 697 g/mol. The molecule has 0 rings (SSSR count). The molecule has 0 atom stereocenters. The van der Waals surface area contributed by atoms with Crippen molar-refractivity contribution in [1.82, 2.24) is 0 Å². The van der Waals surface area contributed by atoms with Crippen LogP contribution >= 0.6 is 0 Å². The lowest BCUT2D eigenvalue weighted by Crippen LogP contribution is -2.05. The third-order valence-electron chi connectivity index (χ3n) is 12.5. The normalized spacial score (nSPS) is 11.7. The summed E-state index contributed by atoms with van der Waals surface area (Å²) >= 11 is 0. The molecule has 0 aromatic carbocycles. The van der Waals surface area contributed by atoms with E-state index < -0.39 is 0 Å². The second kappa shape index (κ2) is 53.2. The van der Waals surface area contributed by atoms with E-state index in [9.17, 15) is 4.79 Å². The van der Waals surface area contributed by atoms with Crippen molar-refractivity contribution in [3.63, 3.8) is 0 Å². The van der Waals surface area contributed by atoms with Gasteiger partial charge in [-0.15, -0.1) is 0 Å². The van der Waals surface area contributed by atoms with Crippen LogP contribution in [0.5, 0.6) is 0 Å². The van der Waals surface area contributed by atoms with Crippen molar-refractivity contribution in [2.24, 2.45) is 0 Å². The van der Waals surface area contributed by atoms with Gasteiger partial charge in [0.2, 0.25) is 0 Å². The van der Waals surface area contributed by atoms with Gasteiger partial charge < -0.3 is 9.84 Å². The molecule has 57 heavy (non-hydrogen) atoms. The van der Waals surface area contributed by atoms with Crippen LogP contribution in [0.25, 0.3) is 0 Å². The number of allylic oxidation sites excluding steroid dienone is 2. The Morgan fingerprint density at radius 3 is 0.877 bits per heavy atom. The molecule has 0 aliphatic rings. The molecule has 0 spiro atoms. The van der Waals surface area contributed by atoms with Gasteiger partial charge in [-0.1, -0.05) is 282 Å². The van der Waals surface area contributed by atoms with Crippen LogP contribution < -0.4 is 0 Å². The number of carbonyl (C=O) groups excluding carboxylic acids is 1. The average Bonchev–Trinajstić information content (AvgIpc) is 3.22. The van der Waals surface area contributed by atoms with Gasteiger partial charge in [-0.2, -0.15) is 0 Å². The Morgan fingerprint density at radius 2 is 0.579 bits per heavy atom. The van der Waals surface area contributed by atoms with E-state index in [0.717, 1.165) is 25.7 Å². The molecule has 0 aliphatic carbocycles. The predicted octanol–water partition coefficient (Wildman–Crippen LogP) is 18.8. The van der Waals surface area contributed by atoms with Crippen molar-refractivity contribution in [2.75, 3.05) is 13.2 Å². The van der Waals surface area contributed by atoms with Crippen LogP contribution in [0.4, 0.5) is 0 Å². The summed E-state index contributed by atoms with van der Waals surface area (Å²) in [5.74, 6) is 0.0168. The van der Waals surface area contributed by atoms with Gasteiger partial charge in [0, 0.05) is 13.0 Å². The molecule has 0 radical (unpaired) electrons. The molecule has 0 unspecified atom stereocenters. The minimum atomic E-state index is 0.0168. The monoisotopic (exact) mass is 803 g/mol. The summed E-state index contributed by atoms with van der Waals surface area (Å²) in [7, 11) is 0. The molecule has 340 valence electrons. The summed E-state index contributed by atoms with van der Waals surface area (Å²) in [5.41, 5.74) is 0. The van der Waals surface area contributed by atoms with Crippen molar-refractivity contribution < 1.29 is 14.6 Å². The minimum Gasteiger partial charge on any atom is -0.466 e. The maximum absolute atomic E-state index is 12.0. The van der Waals surface area contributed by atoms with Crippen LogP contribution in [0.2, 0.25) is 0 Å². The first-order valence-electron chi connectivity index (χ1n) is 26.7. The summed E-state index contributed by atoms with van der Waals surface area (Å²) < 4.78 is 5.46. The van der Waals surface area contributed by atoms with Gasteiger partial charge in [0.15, 0.2) is 0 Å². The Morgan fingerprint density at radius 1 is 0.333 bits per heavy atom. The molecule has 1 N–H and O–H groups in total. The highest BCUT2D eigenvalue weighted by molar-refractivity contribution is 5.69. The van der Waals surface area contributed by atoms with Crippen molar-refractivity contribution in [2.45, 2.75) is 315 Å². The van der Waals surface area contributed by atoms with E-state index in [0.29, 0.717) is 19.6 Å². The van der Waals surface area contributed by atoms with Crippen molar-refractivity contribution >= 4 is 5.97 Å². The zero-order valence-electron chi connectivity index (χ0n) is 39.3. The molecular formula is C54H106O3. The summed E-state index contributed by atoms with van der Waals surface area (Å²) in [5, 5.41) is 8.82. The third-order valence-corrected chi connectivity index (χ3v) is 12.5. The Bertz CT molecular complexity index is 747. The number of aliphatic hydroxyl groups excluding tert-OH is 1. The van der Waals surface area contributed by atoms with Gasteiger partial charge in [0.05, 0.1) is 6.61 Å². The number of rotatable bonds is 51. The number of carbonyl (C=O) groups is 1. The third kappa shape index (κ3) is 53.2. The molecule has 0 fully saturated rings. The lowest BCUT2D eigenvalue weighted by atomic mass is 10.0. The number of unbranched alkanes of at least 4 members (excludes halogenated alkanes) is 44. The molecule has 0 saturated carbocycles. The maximum atomic E-state index is 12.0. The molecule has 3 nitrogen and oxygen atoms in total. The Balaban J connectivity index is 3.12. The Kier molecular flexibility index (Phi) is 52.4. The lowest BCUT2D eigenvalue weighted by Gasteiger charge is -2.06. The first-order valence-corrected chi connectivity index (χ1v) is 26.7. The lowest BCUT2D eigenvalue weighted by molar-refractivity contribution is -0.143. The largest absolute Gasteiger partial charge is 0.466 e. The van der Waals surface area contributed by atoms with Crippen molar-refractivity contribution in [3.8, 4) is 0 Å². The van der Waals surface area contributed by atoms with Gasteiger partial charge in [-0.25, -0.2) is 0 Å². The second-order valence-electron chi connectivity index (χ2n) is 18.3. The SMILES string of the molecule is CCCC/C=C\CCCCCCCC(=O)OCCCCCCCCCCCCCCCCCCCCCCCCCCCCCCCCCCCCCCCCO. The fourth-order valence-electron chi connectivity index (χ4n) is 8.46. The topological polar surface area (TPSA) is 46.5 Å². The summed E-state index contributed by atoms with van der Waals surface area (Å²) in [6, 6.07) is 0. The second-order valence-corrected chi connectivity index (χ2v) is 18.3. The molecule has 0 heterocycles. The van der Waals surface area contributed by atoms with Crippen LogP contribution in [0, 0.1) is 0 Å².